The molecule has 4 aromatic rings. The maximum Gasteiger partial charge on any atom is 0.291 e. The van der Waals surface area contributed by atoms with Crippen LogP contribution in [-0.2, 0) is 16.0 Å². The minimum Gasteiger partial charge on any atom is -0.361 e. The smallest absolute Gasteiger partial charge is 0.291 e. The van der Waals surface area contributed by atoms with E-state index < -0.39 is 35.3 Å². The van der Waals surface area contributed by atoms with E-state index in [2.05, 4.69) is 4.98 Å². The monoisotopic (exact) mass is 440 g/mol. The maximum atomic E-state index is 14.1. The molecule has 1 aromatic heterocycles. The van der Waals surface area contributed by atoms with Gasteiger partial charge >= 0.3 is 0 Å². The van der Waals surface area contributed by atoms with Gasteiger partial charge in [0.2, 0.25) is 5.78 Å². The summed E-state index contributed by atoms with van der Waals surface area (Å²) in [5, 5.41) is 1.04. The highest BCUT2D eigenvalue weighted by Crippen LogP contribution is 2.38. The Morgan fingerprint density at radius 3 is 2.48 bits per heavy atom. The largest absolute Gasteiger partial charge is 0.361 e. The first-order valence-electron chi connectivity index (χ1n) is 10.8. The second-order valence-electron chi connectivity index (χ2n) is 8.18. The summed E-state index contributed by atoms with van der Waals surface area (Å²) >= 11 is 0. The Morgan fingerprint density at radius 2 is 1.70 bits per heavy atom. The number of para-hydroxylation sites is 1. The molecular weight excluding hydrogens is 419 g/mol. The first kappa shape index (κ1) is 20.8. The minimum absolute atomic E-state index is 0.228. The number of hydrogen-bond acceptors (Lipinski definition) is 3. The zero-order valence-corrected chi connectivity index (χ0v) is 17.7. The third kappa shape index (κ3) is 3.74. The van der Waals surface area contributed by atoms with Crippen molar-refractivity contribution in [1.29, 1.82) is 0 Å². The van der Waals surface area contributed by atoms with Gasteiger partial charge in [-0.3, -0.25) is 14.4 Å². The van der Waals surface area contributed by atoms with E-state index in [1.165, 1.54) is 23.1 Å². The number of fused-ring (bicyclic) bond motifs is 1. The third-order valence-electron chi connectivity index (χ3n) is 6.23. The van der Waals surface area contributed by atoms with Gasteiger partial charge in [0.05, 0.1) is 6.04 Å². The Morgan fingerprint density at radius 1 is 0.939 bits per heavy atom. The van der Waals surface area contributed by atoms with Crippen LogP contribution in [0.4, 0.5) is 4.39 Å². The number of carbonyl (C=O) groups excluding carboxylic acids is 3. The Hall–Kier alpha value is -4.06. The Labute approximate surface area is 189 Å². The van der Waals surface area contributed by atoms with Crippen LogP contribution in [0.2, 0.25) is 0 Å². The van der Waals surface area contributed by atoms with Crippen LogP contribution in [0.25, 0.3) is 10.9 Å². The molecule has 1 aliphatic rings. The lowest BCUT2D eigenvalue weighted by molar-refractivity contribution is -0.140. The molecule has 0 radical (unpaired) electrons. The molecule has 5 rings (SSSR count). The zero-order chi connectivity index (χ0) is 22.9. The molecule has 164 valence electrons. The SMILES string of the molecule is O=C1C(=O)N(CCc2c[nH]c3ccccc23)C(c2cccc(F)c2)C1C(=O)c1ccccc1. The molecular formula is C27H21FN2O3. The molecule has 3 aromatic carbocycles. The van der Waals surface area contributed by atoms with Crippen LogP contribution in [0.3, 0.4) is 0 Å². The van der Waals surface area contributed by atoms with Crippen molar-refractivity contribution >= 4 is 28.4 Å². The van der Waals surface area contributed by atoms with E-state index in [-0.39, 0.29) is 6.54 Å². The van der Waals surface area contributed by atoms with E-state index in [1.807, 2.05) is 30.5 Å². The Balaban J connectivity index is 1.52. The van der Waals surface area contributed by atoms with E-state index in [1.54, 1.807) is 36.4 Å². The van der Waals surface area contributed by atoms with Crippen LogP contribution in [0.1, 0.15) is 27.5 Å². The zero-order valence-electron chi connectivity index (χ0n) is 17.7. The average molecular weight is 440 g/mol. The van der Waals surface area contributed by atoms with Crippen LogP contribution < -0.4 is 0 Å². The summed E-state index contributed by atoms with van der Waals surface area (Å²) < 4.78 is 14.1. The molecule has 1 N–H and O–H groups in total. The summed E-state index contributed by atoms with van der Waals surface area (Å²) in [4.78, 5) is 44.1. The van der Waals surface area contributed by atoms with Crippen LogP contribution in [-0.4, -0.2) is 33.9 Å². The van der Waals surface area contributed by atoms with Crippen LogP contribution in [0.5, 0.6) is 0 Å². The number of Topliss-reactive ketones (excluding diaryl/α,β-unsaturated/α-hetero) is 2. The molecule has 5 nitrogen and oxygen atoms in total. The van der Waals surface area contributed by atoms with Gasteiger partial charge in [-0.1, -0.05) is 60.7 Å². The third-order valence-corrected chi connectivity index (χ3v) is 6.23. The summed E-state index contributed by atoms with van der Waals surface area (Å²) in [7, 11) is 0. The van der Waals surface area contributed by atoms with Crippen LogP contribution >= 0.6 is 0 Å². The molecule has 33 heavy (non-hydrogen) atoms. The van der Waals surface area contributed by atoms with Gasteiger partial charge in [-0.2, -0.15) is 0 Å². The Kier molecular flexibility index (Phi) is 5.34. The molecule has 6 heteroatoms. The van der Waals surface area contributed by atoms with E-state index >= 15 is 0 Å². The van der Waals surface area contributed by atoms with Gasteiger partial charge in [0.1, 0.15) is 11.7 Å². The van der Waals surface area contributed by atoms with Gasteiger partial charge in [0.15, 0.2) is 5.78 Å². The van der Waals surface area contributed by atoms with E-state index in [4.69, 9.17) is 0 Å². The van der Waals surface area contributed by atoms with Gasteiger partial charge in [0, 0.05) is 29.2 Å². The summed E-state index contributed by atoms with van der Waals surface area (Å²) in [6, 6.07) is 21.2. The van der Waals surface area contributed by atoms with E-state index in [9.17, 15) is 18.8 Å². The van der Waals surface area contributed by atoms with Crippen molar-refractivity contribution in [2.45, 2.75) is 12.5 Å². The van der Waals surface area contributed by atoms with Gasteiger partial charge in [0.25, 0.3) is 5.91 Å². The highest BCUT2D eigenvalue weighted by atomic mass is 19.1. The fourth-order valence-corrected chi connectivity index (χ4v) is 4.65. The summed E-state index contributed by atoms with van der Waals surface area (Å²) in [5.41, 5.74) is 2.77. The lowest BCUT2D eigenvalue weighted by Gasteiger charge is -2.27. The van der Waals surface area contributed by atoms with E-state index in [0.29, 0.717) is 17.5 Å². The van der Waals surface area contributed by atoms with Crippen molar-refractivity contribution in [3.8, 4) is 0 Å². The van der Waals surface area contributed by atoms with Gasteiger partial charge in [-0.15, -0.1) is 0 Å². The number of amides is 1. The summed E-state index contributed by atoms with van der Waals surface area (Å²) in [5.74, 6) is -3.60. The number of halogens is 1. The predicted molar refractivity (Wildman–Crippen MR) is 122 cm³/mol. The van der Waals surface area contributed by atoms with Crippen molar-refractivity contribution in [2.75, 3.05) is 6.54 Å². The fraction of sp³-hybridized carbons (Fsp3) is 0.148. The van der Waals surface area contributed by atoms with Crippen LogP contribution in [0.15, 0.2) is 85.1 Å². The lowest BCUT2D eigenvalue weighted by Crippen LogP contribution is -2.32. The highest BCUT2D eigenvalue weighted by Gasteiger charge is 2.51. The first-order chi connectivity index (χ1) is 16.0. The van der Waals surface area contributed by atoms with Crippen molar-refractivity contribution in [2.24, 2.45) is 5.92 Å². The first-order valence-corrected chi connectivity index (χ1v) is 10.8. The molecule has 0 aliphatic carbocycles. The number of ketones is 2. The number of nitrogens with one attached hydrogen (secondary N) is 1. The number of aromatic amines is 1. The number of carbonyl (C=O) groups is 3. The second kappa shape index (κ2) is 8.47. The van der Waals surface area contributed by atoms with Gasteiger partial charge in [-0.25, -0.2) is 4.39 Å². The number of aromatic nitrogens is 1. The van der Waals surface area contributed by atoms with E-state index in [0.717, 1.165) is 16.5 Å². The van der Waals surface area contributed by atoms with Gasteiger partial charge in [-0.05, 0) is 35.7 Å². The number of nitrogens with zero attached hydrogens (tertiary/aromatic N) is 1. The molecule has 1 fully saturated rings. The molecule has 1 aliphatic heterocycles. The number of benzene rings is 3. The van der Waals surface area contributed by atoms with Crippen molar-refractivity contribution < 1.29 is 18.8 Å². The number of likely N-dealkylation sites (tertiary alicyclic amines) is 1. The minimum atomic E-state index is -1.22. The molecule has 0 spiro atoms. The molecule has 2 unspecified atom stereocenters. The molecule has 2 atom stereocenters. The molecule has 2 heterocycles. The molecule has 0 bridgehead atoms. The van der Waals surface area contributed by atoms with Crippen molar-refractivity contribution in [3.63, 3.8) is 0 Å². The lowest BCUT2D eigenvalue weighted by atomic mass is 9.86. The van der Waals surface area contributed by atoms with Crippen LogP contribution in [0, 0.1) is 11.7 Å². The topological polar surface area (TPSA) is 70.2 Å². The van der Waals surface area contributed by atoms with Gasteiger partial charge < -0.3 is 9.88 Å². The highest BCUT2D eigenvalue weighted by molar-refractivity contribution is 6.44. The van der Waals surface area contributed by atoms with Crippen molar-refractivity contribution in [1.82, 2.24) is 9.88 Å². The Bertz CT molecular complexity index is 1360. The quantitative estimate of drug-likeness (QED) is 0.273. The number of H-pyrrole nitrogens is 1. The predicted octanol–water partition coefficient (Wildman–Crippen LogP) is 4.50. The maximum absolute atomic E-state index is 14.1. The average Bonchev–Trinajstić information content (AvgIpc) is 3.36. The number of hydrogen-bond donors (Lipinski definition) is 1. The standard InChI is InChI=1S/C27H21FN2O3/c28-20-10-6-9-18(15-20)24-23(25(31)17-7-2-1-3-8-17)26(32)27(33)30(24)14-13-19-16-29-22-12-5-4-11-21(19)22/h1-12,15-16,23-24,29H,13-14H2. The summed E-state index contributed by atoms with van der Waals surface area (Å²) in [6.45, 7) is 0.228. The number of rotatable bonds is 6. The fourth-order valence-electron chi connectivity index (χ4n) is 4.65. The van der Waals surface area contributed by atoms with Crippen molar-refractivity contribution in [3.05, 3.63) is 108 Å². The normalized spacial score (nSPS) is 18.3. The molecule has 1 saturated heterocycles. The second-order valence-corrected chi connectivity index (χ2v) is 8.18. The molecule has 0 saturated carbocycles. The molecule has 1 amide bonds. The summed E-state index contributed by atoms with van der Waals surface area (Å²) in [6.07, 6.45) is 2.37.